The standard InChI is InChI=1S/C22H28N4O/c27-22(13-17-11-18-5-1-2-6-19(18)12-17)25-15-20-7-8-23-26(20)21(16-25)14-24-9-3-4-10-24/h1-2,5-8,17,21H,3-4,9-16H2/t21-/m1/s1. The summed E-state index contributed by atoms with van der Waals surface area (Å²) >= 11 is 0. The van der Waals surface area contributed by atoms with E-state index in [9.17, 15) is 4.79 Å². The van der Waals surface area contributed by atoms with Crippen LogP contribution < -0.4 is 0 Å². The second-order valence-electron chi connectivity index (χ2n) is 8.45. The predicted molar refractivity (Wildman–Crippen MR) is 104 cm³/mol. The molecule has 0 saturated carbocycles. The van der Waals surface area contributed by atoms with E-state index >= 15 is 0 Å². The van der Waals surface area contributed by atoms with Crippen molar-refractivity contribution in [3.63, 3.8) is 0 Å². The molecule has 0 N–H and O–H groups in total. The van der Waals surface area contributed by atoms with E-state index in [0.717, 1.165) is 25.9 Å². The molecule has 2 aromatic rings. The number of amides is 1. The number of fused-ring (bicyclic) bond motifs is 2. The van der Waals surface area contributed by atoms with Gasteiger partial charge in [0.25, 0.3) is 0 Å². The molecule has 5 rings (SSSR count). The minimum absolute atomic E-state index is 0.284. The summed E-state index contributed by atoms with van der Waals surface area (Å²) in [5.74, 6) is 0.769. The first-order valence-corrected chi connectivity index (χ1v) is 10.4. The van der Waals surface area contributed by atoms with Gasteiger partial charge in [-0.1, -0.05) is 24.3 Å². The van der Waals surface area contributed by atoms with Crippen molar-refractivity contribution in [3.8, 4) is 0 Å². The second kappa shape index (κ2) is 7.12. The molecule has 1 aromatic heterocycles. The van der Waals surface area contributed by atoms with Gasteiger partial charge in [0.2, 0.25) is 5.91 Å². The molecule has 1 fully saturated rings. The van der Waals surface area contributed by atoms with E-state index in [1.54, 1.807) is 0 Å². The van der Waals surface area contributed by atoms with E-state index in [2.05, 4.69) is 49.9 Å². The number of aromatic nitrogens is 2. The lowest BCUT2D eigenvalue weighted by Crippen LogP contribution is -2.45. The molecule has 1 aromatic carbocycles. The van der Waals surface area contributed by atoms with Crippen LogP contribution in [0.15, 0.2) is 36.5 Å². The molecule has 0 unspecified atom stereocenters. The maximum atomic E-state index is 13.1. The molecule has 2 aliphatic heterocycles. The molecule has 0 spiro atoms. The number of hydrogen-bond acceptors (Lipinski definition) is 3. The number of carbonyl (C=O) groups excluding carboxylic acids is 1. The summed E-state index contributed by atoms with van der Waals surface area (Å²) in [7, 11) is 0. The number of carbonyl (C=O) groups is 1. The summed E-state index contributed by atoms with van der Waals surface area (Å²) in [6.45, 7) is 4.87. The molecule has 1 saturated heterocycles. The van der Waals surface area contributed by atoms with Crippen molar-refractivity contribution in [2.75, 3.05) is 26.2 Å². The maximum Gasteiger partial charge on any atom is 0.223 e. The lowest BCUT2D eigenvalue weighted by atomic mass is 10.0. The largest absolute Gasteiger partial charge is 0.335 e. The Morgan fingerprint density at radius 2 is 1.81 bits per heavy atom. The van der Waals surface area contributed by atoms with Gasteiger partial charge in [-0.15, -0.1) is 0 Å². The molecule has 5 heteroatoms. The van der Waals surface area contributed by atoms with Gasteiger partial charge in [0.05, 0.1) is 18.3 Å². The average Bonchev–Trinajstić information content (AvgIpc) is 3.41. The lowest BCUT2D eigenvalue weighted by molar-refractivity contribution is -0.134. The van der Waals surface area contributed by atoms with Crippen molar-refractivity contribution < 1.29 is 4.79 Å². The van der Waals surface area contributed by atoms with Crippen LogP contribution in [0, 0.1) is 5.92 Å². The molecule has 142 valence electrons. The summed E-state index contributed by atoms with van der Waals surface area (Å²) in [4.78, 5) is 17.7. The van der Waals surface area contributed by atoms with Gasteiger partial charge < -0.3 is 9.80 Å². The summed E-state index contributed by atoms with van der Waals surface area (Å²) in [6.07, 6.45) is 7.23. The first-order valence-electron chi connectivity index (χ1n) is 10.4. The van der Waals surface area contributed by atoms with Crippen LogP contribution in [-0.2, 0) is 24.2 Å². The van der Waals surface area contributed by atoms with Crippen LogP contribution in [-0.4, -0.2) is 51.7 Å². The van der Waals surface area contributed by atoms with Crippen LogP contribution in [0.25, 0.3) is 0 Å². The fourth-order valence-corrected chi connectivity index (χ4v) is 5.15. The van der Waals surface area contributed by atoms with Gasteiger partial charge in [0.1, 0.15) is 0 Å². The minimum atomic E-state index is 0.284. The van der Waals surface area contributed by atoms with Crippen LogP contribution in [0.2, 0.25) is 0 Å². The molecule has 27 heavy (non-hydrogen) atoms. The van der Waals surface area contributed by atoms with Crippen molar-refractivity contribution >= 4 is 5.91 Å². The van der Waals surface area contributed by atoms with E-state index in [1.807, 2.05) is 6.20 Å². The highest BCUT2D eigenvalue weighted by atomic mass is 16.2. The molecular weight excluding hydrogens is 336 g/mol. The molecule has 0 bridgehead atoms. The summed E-state index contributed by atoms with van der Waals surface area (Å²) < 4.78 is 2.16. The Bertz CT molecular complexity index is 798. The van der Waals surface area contributed by atoms with Gasteiger partial charge in [-0.2, -0.15) is 5.10 Å². The van der Waals surface area contributed by atoms with Crippen molar-refractivity contribution in [1.29, 1.82) is 0 Å². The zero-order valence-corrected chi connectivity index (χ0v) is 15.9. The van der Waals surface area contributed by atoms with Gasteiger partial charge in [-0.25, -0.2) is 0 Å². The van der Waals surface area contributed by atoms with Crippen LogP contribution in [0.3, 0.4) is 0 Å². The zero-order chi connectivity index (χ0) is 18.2. The van der Waals surface area contributed by atoms with Gasteiger partial charge in [-0.05, 0) is 61.9 Å². The second-order valence-corrected chi connectivity index (χ2v) is 8.45. The third-order valence-electron chi connectivity index (χ3n) is 6.50. The van der Waals surface area contributed by atoms with E-state index < -0.39 is 0 Å². The molecule has 3 aliphatic rings. The van der Waals surface area contributed by atoms with Gasteiger partial charge in [0.15, 0.2) is 0 Å². The number of hydrogen-bond donors (Lipinski definition) is 0. The molecule has 1 aliphatic carbocycles. The molecule has 1 amide bonds. The molecule has 5 nitrogen and oxygen atoms in total. The fourth-order valence-electron chi connectivity index (χ4n) is 5.15. The highest BCUT2D eigenvalue weighted by molar-refractivity contribution is 5.76. The van der Waals surface area contributed by atoms with Gasteiger partial charge in [0, 0.05) is 25.7 Å². The van der Waals surface area contributed by atoms with Crippen molar-refractivity contribution in [1.82, 2.24) is 19.6 Å². The van der Waals surface area contributed by atoms with E-state index in [-0.39, 0.29) is 6.04 Å². The summed E-state index contributed by atoms with van der Waals surface area (Å²) in [6, 6.07) is 11.0. The highest BCUT2D eigenvalue weighted by Gasteiger charge is 2.32. The van der Waals surface area contributed by atoms with Crippen LogP contribution >= 0.6 is 0 Å². The SMILES string of the molecule is O=C(CC1Cc2ccccc2C1)N1Cc2ccnn2[C@H](CN2CCCC2)C1. The number of rotatable bonds is 4. The number of nitrogens with zero attached hydrogens (tertiary/aromatic N) is 4. The Morgan fingerprint density at radius 1 is 1.07 bits per heavy atom. The first-order chi connectivity index (χ1) is 13.3. The Balaban J connectivity index is 1.26. The Labute approximate surface area is 161 Å². The topological polar surface area (TPSA) is 41.4 Å². The van der Waals surface area contributed by atoms with Crippen LogP contribution in [0.5, 0.6) is 0 Å². The fraction of sp³-hybridized carbons (Fsp3) is 0.545. The van der Waals surface area contributed by atoms with Gasteiger partial charge in [-0.3, -0.25) is 9.48 Å². The van der Waals surface area contributed by atoms with E-state index in [4.69, 9.17) is 0 Å². The predicted octanol–water partition coefficient (Wildman–Crippen LogP) is 2.67. The first kappa shape index (κ1) is 17.0. The molecule has 0 radical (unpaired) electrons. The summed E-state index contributed by atoms with van der Waals surface area (Å²) in [5.41, 5.74) is 4.03. The van der Waals surface area contributed by atoms with Crippen molar-refractivity contribution in [3.05, 3.63) is 53.3 Å². The van der Waals surface area contributed by atoms with Crippen molar-refractivity contribution in [2.45, 2.75) is 44.7 Å². The quantitative estimate of drug-likeness (QED) is 0.838. The van der Waals surface area contributed by atoms with Crippen LogP contribution in [0.1, 0.15) is 42.1 Å². The highest BCUT2D eigenvalue weighted by Crippen LogP contribution is 2.30. The van der Waals surface area contributed by atoms with Crippen LogP contribution in [0.4, 0.5) is 0 Å². The Hall–Kier alpha value is -2.14. The Kier molecular flexibility index (Phi) is 4.48. The normalized spacial score (nSPS) is 22.8. The van der Waals surface area contributed by atoms with Crippen molar-refractivity contribution in [2.24, 2.45) is 5.92 Å². The average molecular weight is 364 g/mol. The zero-order valence-electron chi connectivity index (χ0n) is 15.9. The minimum Gasteiger partial charge on any atom is -0.335 e. The third kappa shape index (κ3) is 3.41. The number of benzene rings is 1. The van der Waals surface area contributed by atoms with E-state index in [1.165, 1.54) is 42.8 Å². The maximum absolute atomic E-state index is 13.1. The van der Waals surface area contributed by atoms with E-state index in [0.29, 0.717) is 24.8 Å². The lowest BCUT2D eigenvalue weighted by Gasteiger charge is -2.36. The molecular formula is C22H28N4O. The number of likely N-dealkylation sites (tertiary alicyclic amines) is 1. The summed E-state index contributed by atoms with van der Waals surface area (Å²) in [5, 5.41) is 4.56. The third-order valence-corrected chi connectivity index (χ3v) is 6.50. The van der Waals surface area contributed by atoms with Gasteiger partial charge >= 0.3 is 0 Å². The molecule has 1 atom stereocenters. The molecule has 3 heterocycles. The smallest absolute Gasteiger partial charge is 0.223 e. The Morgan fingerprint density at radius 3 is 2.56 bits per heavy atom. The monoisotopic (exact) mass is 364 g/mol.